The molecule has 1 atom stereocenters. The summed E-state index contributed by atoms with van der Waals surface area (Å²) in [6.07, 6.45) is 2.73. The average Bonchev–Trinajstić information content (AvgIpc) is 2.22. The zero-order valence-corrected chi connectivity index (χ0v) is 8.34. The molecule has 2 rings (SSSR count). The van der Waals surface area contributed by atoms with Crippen molar-refractivity contribution < 1.29 is 9.90 Å². The van der Waals surface area contributed by atoms with Gasteiger partial charge in [-0.2, -0.15) is 0 Å². The molecule has 0 radical (unpaired) electrons. The summed E-state index contributed by atoms with van der Waals surface area (Å²) in [5, 5.41) is 9.94. The van der Waals surface area contributed by atoms with Crippen LogP contribution < -0.4 is 0 Å². The maximum atomic E-state index is 10.8. The SMILES string of the molecule is CC(=O)N=C1C=Cc2ccccc2C1O. The van der Waals surface area contributed by atoms with E-state index in [1.807, 2.05) is 30.3 Å². The highest BCUT2D eigenvalue weighted by Gasteiger charge is 2.19. The Morgan fingerprint density at radius 2 is 2.07 bits per heavy atom. The number of aliphatic imine (C=N–C) groups is 1. The molecule has 76 valence electrons. The molecule has 0 spiro atoms. The van der Waals surface area contributed by atoms with Crippen LogP contribution >= 0.6 is 0 Å². The first-order valence-corrected chi connectivity index (χ1v) is 4.72. The number of nitrogens with zero attached hydrogens (tertiary/aromatic N) is 1. The zero-order chi connectivity index (χ0) is 10.8. The minimum atomic E-state index is -0.796. The van der Waals surface area contributed by atoms with Crippen LogP contribution in [0.5, 0.6) is 0 Å². The zero-order valence-electron chi connectivity index (χ0n) is 8.34. The summed E-state index contributed by atoms with van der Waals surface area (Å²) < 4.78 is 0. The van der Waals surface area contributed by atoms with Gasteiger partial charge in [-0.25, -0.2) is 4.99 Å². The highest BCUT2D eigenvalue weighted by Crippen LogP contribution is 2.25. The van der Waals surface area contributed by atoms with Crippen molar-refractivity contribution in [3.05, 3.63) is 41.5 Å². The first-order valence-electron chi connectivity index (χ1n) is 4.72. The Morgan fingerprint density at radius 1 is 1.33 bits per heavy atom. The van der Waals surface area contributed by atoms with E-state index in [9.17, 15) is 9.90 Å². The van der Waals surface area contributed by atoms with Crippen LogP contribution in [0.25, 0.3) is 6.08 Å². The number of hydrogen-bond acceptors (Lipinski definition) is 2. The van der Waals surface area contributed by atoms with E-state index < -0.39 is 6.10 Å². The lowest BCUT2D eigenvalue weighted by Crippen LogP contribution is -2.15. The molecule has 3 nitrogen and oxygen atoms in total. The molecule has 0 aromatic heterocycles. The summed E-state index contributed by atoms with van der Waals surface area (Å²) in [5.41, 5.74) is 2.16. The van der Waals surface area contributed by atoms with Gasteiger partial charge in [0.15, 0.2) is 0 Å². The van der Waals surface area contributed by atoms with Crippen molar-refractivity contribution in [3.63, 3.8) is 0 Å². The minimum Gasteiger partial charge on any atom is -0.382 e. The smallest absolute Gasteiger partial charge is 0.242 e. The molecule has 0 bridgehead atoms. The van der Waals surface area contributed by atoms with Crippen molar-refractivity contribution in [2.45, 2.75) is 13.0 Å². The molecule has 1 aliphatic carbocycles. The summed E-state index contributed by atoms with van der Waals surface area (Å²) in [5.74, 6) is -0.298. The van der Waals surface area contributed by atoms with Crippen LogP contribution in [-0.2, 0) is 4.79 Å². The molecular weight excluding hydrogens is 190 g/mol. The standard InChI is InChI=1S/C12H11NO2/c1-8(14)13-11-7-6-9-4-2-3-5-10(9)12(11)15/h2-7,12,15H,1H3. The van der Waals surface area contributed by atoms with E-state index in [2.05, 4.69) is 4.99 Å². The third-order valence-corrected chi connectivity index (χ3v) is 2.29. The topological polar surface area (TPSA) is 49.7 Å². The van der Waals surface area contributed by atoms with Crippen LogP contribution in [-0.4, -0.2) is 16.7 Å². The summed E-state index contributed by atoms with van der Waals surface area (Å²) in [4.78, 5) is 14.6. The monoisotopic (exact) mass is 201 g/mol. The normalized spacial score (nSPS) is 21.5. The molecule has 3 heteroatoms. The molecule has 1 amide bonds. The van der Waals surface area contributed by atoms with Gasteiger partial charge in [-0.3, -0.25) is 4.79 Å². The van der Waals surface area contributed by atoms with E-state index in [1.54, 1.807) is 6.08 Å². The van der Waals surface area contributed by atoms with Gasteiger partial charge < -0.3 is 5.11 Å². The average molecular weight is 201 g/mol. The van der Waals surface area contributed by atoms with Gasteiger partial charge in [0.1, 0.15) is 6.10 Å². The Bertz CT molecular complexity index is 460. The highest BCUT2D eigenvalue weighted by molar-refractivity contribution is 6.09. The second kappa shape index (κ2) is 3.79. The van der Waals surface area contributed by atoms with Crippen LogP contribution in [0.1, 0.15) is 24.2 Å². The molecule has 0 aliphatic heterocycles. The molecule has 1 aromatic carbocycles. The lowest BCUT2D eigenvalue weighted by molar-refractivity contribution is -0.115. The van der Waals surface area contributed by atoms with Gasteiger partial charge in [-0.1, -0.05) is 30.3 Å². The van der Waals surface area contributed by atoms with Gasteiger partial charge in [0.2, 0.25) is 5.91 Å². The molecule has 15 heavy (non-hydrogen) atoms. The third-order valence-electron chi connectivity index (χ3n) is 2.29. The Kier molecular flexibility index (Phi) is 2.47. The molecule has 1 aromatic rings. The van der Waals surface area contributed by atoms with Crippen molar-refractivity contribution in [3.8, 4) is 0 Å². The predicted molar refractivity (Wildman–Crippen MR) is 58.6 cm³/mol. The van der Waals surface area contributed by atoms with E-state index in [-0.39, 0.29) is 5.91 Å². The van der Waals surface area contributed by atoms with Crippen LogP contribution in [0.15, 0.2) is 35.3 Å². The largest absolute Gasteiger partial charge is 0.382 e. The van der Waals surface area contributed by atoms with Gasteiger partial charge in [0, 0.05) is 6.92 Å². The Morgan fingerprint density at radius 3 is 2.80 bits per heavy atom. The number of fused-ring (bicyclic) bond motifs is 1. The fraction of sp³-hybridized carbons (Fsp3) is 0.167. The Labute approximate surface area is 87.8 Å². The van der Waals surface area contributed by atoms with Gasteiger partial charge in [-0.15, -0.1) is 0 Å². The van der Waals surface area contributed by atoms with Crippen molar-refractivity contribution in [1.29, 1.82) is 0 Å². The number of aliphatic hydroxyl groups excluding tert-OH is 1. The Balaban J connectivity index is 2.46. The van der Waals surface area contributed by atoms with Crippen LogP contribution in [0, 0.1) is 0 Å². The fourth-order valence-electron chi connectivity index (χ4n) is 1.62. The predicted octanol–water partition coefficient (Wildman–Crippen LogP) is 1.73. The molecule has 0 fully saturated rings. The van der Waals surface area contributed by atoms with Crippen LogP contribution in [0.2, 0.25) is 0 Å². The van der Waals surface area contributed by atoms with Crippen molar-refractivity contribution in [1.82, 2.24) is 0 Å². The van der Waals surface area contributed by atoms with E-state index in [4.69, 9.17) is 0 Å². The molecule has 0 heterocycles. The van der Waals surface area contributed by atoms with Crippen LogP contribution in [0.4, 0.5) is 0 Å². The summed E-state index contributed by atoms with van der Waals surface area (Å²) in [6, 6.07) is 7.51. The lowest BCUT2D eigenvalue weighted by Gasteiger charge is -2.17. The first kappa shape index (κ1) is 9.80. The number of benzene rings is 1. The van der Waals surface area contributed by atoms with E-state index in [0.717, 1.165) is 11.1 Å². The van der Waals surface area contributed by atoms with E-state index >= 15 is 0 Å². The first-order chi connectivity index (χ1) is 7.18. The maximum Gasteiger partial charge on any atom is 0.242 e. The second-order valence-corrected chi connectivity index (χ2v) is 3.42. The number of amides is 1. The number of rotatable bonds is 0. The fourth-order valence-corrected chi connectivity index (χ4v) is 1.62. The highest BCUT2D eigenvalue weighted by atomic mass is 16.3. The van der Waals surface area contributed by atoms with Crippen molar-refractivity contribution in [2.24, 2.45) is 4.99 Å². The van der Waals surface area contributed by atoms with Gasteiger partial charge in [0.05, 0.1) is 5.71 Å². The number of carbonyl (C=O) groups excluding carboxylic acids is 1. The lowest BCUT2D eigenvalue weighted by atomic mass is 9.93. The van der Waals surface area contributed by atoms with Gasteiger partial charge in [0.25, 0.3) is 0 Å². The number of aliphatic hydroxyl groups is 1. The number of hydrogen-bond donors (Lipinski definition) is 1. The summed E-state index contributed by atoms with van der Waals surface area (Å²) in [6.45, 7) is 1.37. The van der Waals surface area contributed by atoms with E-state index in [1.165, 1.54) is 6.92 Å². The summed E-state index contributed by atoms with van der Waals surface area (Å²) >= 11 is 0. The minimum absolute atomic E-state index is 0.298. The molecule has 0 saturated heterocycles. The molecule has 1 unspecified atom stereocenters. The third kappa shape index (κ3) is 1.87. The quantitative estimate of drug-likeness (QED) is 0.695. The van der Waals surface area contributed by atoms with Gasteiger partial charge >= 0.3 is 0 Å². The van der Waals surface area contributed by atoms with Crippen molar-refractivity contribution >= 4 is 17.7 Å². The van der Waals surface area contributed by atoms with Gasteiger partial charge in [-0.05, 0) is 17.2 Å². The second-order valence-electron chi connectivity index (χ2n) is 3.42. The summed E-state index contributed by atoms with van der Waals surface area (Å²) in [7, 11) is 0. The number of carbonyl (C=O) groups is 1. The molecule has 1 aliphatic rings. The van der Waals surface area contributed by atoms with Crippen molar-refractivity contribution in [2.75, 3.05) is 0 Å². The molecule has 1 N–H and O–H groups in total. The molecular formula is C12H11NO2. The maximum absolute atomic E-state index is 10.8. The van der Waals surface area contributed by atoms with E-state index in [0.29, 0.717) is 5.71 Å². The van der Waals surface area contributed by atoms with Crippen LogP contribution in [0.3, 0.4) is 0 Å². The Hall–Kier alpha value is -1.74. The molecule has 0 saturated carbocycles.